The van der Waals surface area contributed by atoms with Crippen LogP contribution in [0.1, 0.15) is 33.8 Å². The molecule has 0 aliphatic heterocycles. The number of non-ortho nitro benzene ring substituents is 1. The Labute approximate surface area is 122 Å². The molecule has 0 aliphatic carbocycles. The topological polar surface area (TPSA) is 55.2 Å². The Bertz CT molecular complexity index is 585. The first-order valence-electron chi connectivity index (χ1n) is 6.51. The maximum atomic E-state index is 10.6. The molecular weight excluding hydrogens is 272 g/mol. The van der Waals surface area contributed by atoms with Gasteiger partial charge < -0.3 is 5.32 Å². The molecule has 1 heterocycles. The first-order valence-corrected chi connectivity index (χ1v) is 7.32. The molecule has 0 fully saturated rings. The van der Waals surface area contributed by atoms with Gasteiger partial charge in [-0.25, -0.2) is 0 Å². The van der Waals surface area contributed by atoms with Crippen LogP contribution in [-0.4, -0.2) is 4.92 Å². The molecule has 0 bridgehead atoms. The summed E-state index contributed by atoms with van der Waals surface area (Å²) in [5.41, 5.74) is 2.51. The van der Waals surface area contributed by atoms with Crippen LogP contribution in [0.25, 0.3) is 0 Å². The molecule has 20 heavy (non-hydrogen) atoms. The molecule has 0 saturated heterocycles. The van der Waals surface area contributed by atoms with Gasteiger partial charge in [-0.2, -0.15) is 0 Å². The quantitative estimate of drug-likeness (QED) is 0.665. The number of nitrogens with zero attached hydrogens (tertiary/aromatic N) is 1. The molecule has 106 valence electrons. The molecule has 2 aromatic rings. The van der Waals surface area contributed by atoms with Crippen molar-refractivity contribution in [2.45, 2.75) is 33.4 Å². The number of nitro groups is 1. The third-order valence-corrected chi connectivity index (χ3v) is 4.56. The van der Waals surface area contributed by atoms with Crippen LogP contribution in [0.3, 0.4) is 0 Å². The maximum absolute atomic E-state index is 10.6. The summed E-state index contributed by atoms with van der Waals surface area (Å²) in [7, 11) is 0. The molecule has 1 atom stereocenters. The van der Waals surface area contributed by atoms with Crippen molar-refractivity contribution in [3.05, 3.63) is 61.3 Å². The lowest BCUT2D eigenvalue weighted by atomic mass is 10.1. The van der Waals surface area contributed by atoms with Crippen molar-refractivity contribution in [1.29, 1.82) is 0 Å². The molecule has 0 radical (unpaired) electrons. The monoisotopic (exact) mass is 290 g/mol. The van der Waals surface area contributed by atoms with Crippen LogP contribution in [0.5, 0.6) is 0 Å². The fraction of sp³-hybridized carbons (Fsp3) is 0.333. The van der Waals surface area contributed by atoms with E-state index < -0.39 is 0 Å². The van der Waals surface area contributed by atoms with Crippen molar-refractivity contribution in [2.24, 2.45) is 0 Å². The largest absolute Gasteiger partial charge is 0.305 e. The third kappa shape index (κ3) is 3.43. The van der Waals surface area contributed by atoms with E-state index in [4.69, 9.17) is 0 Å². The van der Waals surface area contributed by atoms with E-state index >= 15 is 0 Å². The second kappa shape index (κ2) is 6.15. The summed E-state index contributed by atoms with van der Waals surface area (Å²) in [5, 5.41) is 14.1. The summed E-state index contributed by atoms with van der Waals surface area (Å²) in [6, 6.07) is 9.08. The Morgan fingerprint density at radius 3 is 2.45 bits per heavy atom. The number of hydrogen-bond donors (Lipinski definition) is 1. The van der Waals surface area contributed by atoms with Gasteiger partial charge in [-0.3, -0.25) is 10.1 Å². The molecule has 0 aliphatic rings. The summed E-state index contributed by atoms with van der Waals surface area (Å²) in [5.74, 6) is 0. The summed E-state index contributed by atoms with van der Waals surface area (Å²) in [4.78, 5) is 12.9. The number of nitro benzene ring substituents is 1. The number of rotatable bonds is 5. The van der Waals surface area contributed by atoms with Crippen LogP contribution in [-0.2, 0) is 6.54 Å². The molecule has 0 saturated carbocycles. The average molecular weight is 290 g/mol. The zero-order chi connectivity index (χ0) is 14.7. The molecule has 4 nitrogen and oxygen atoms in total. The first-order chi connectivity index (χ1) is 9.47. The zero-order valence-corrected chi connectivity index (χ0v) is 12.7. The van der Waals surface area contributed by atoms with Gasteiger partial charge in [-0.05, 0) is 38.0 Å². The molecule has 0 amide bonds. The van der Waals surface area contributed by atoms with Crippen molar-refractivity contribution >= 4 is 17.0 Å². The van der Waals surface area contributed by atoms with Gasteiger partial charge in [0, 0.05) is 34.5 Å². The summed E-state index contributed by atoms with van der Waals surface area (Å²) >= 11 is 1.81. The molecule has 0 spiro atoms. The predicted octanol–water partition coefficient (Wildman–Crippen LogP) is 4.12. The lowest BCUT2D eigenvalue weighted by Gasteiger charge is -2.13. The van der Waals surface area contributed by atoms with Crippen molar-refractivity contribution in [3.63, 3.8) is 0 Å². The van der Waals surface area contributed by atoms with Gasteiger partial charge in [0.1, 0.15) is 0 Å². The van der Waals surface area contributed by atoms with Crippen molar-refractivity contribution in [2.75, 3.05) is 0 Å². The minimum atomic E-state index is -0.376. The number of nitrogens with one attached hydrogen (secondary N) is 1. The van der Waals surface area contributed by atoms with E-state index in [0.717, 1.165) is 12.1 Å². The highest BCUT2D eigenvalue weighted by Crippen LogP contribution is 2.22. The number of hydrogen-bond acceptors (Lipinski definition) is 4. The molecule has 1 N–H and O–H groups in total. The van der Waals surface area contributed by atoms with E-state index in [1.807, 2.05) is 0 Å². The Morgan fingerprint density at radius 2 is 1.95 bits per heavy atom. The molecule has 2 rings (SSSR count). The van der Waals surface area contributed by atoms with Crippen LogP contribution in [0, 0.1) is 24.0 Å². The summed E-state index contributed by atoms with van der Waals surface area (Å²) in [6.45, 7) is 7.13. The third-order valence-electron chi connectivity index (χ3n) is 3.40. The molecule has 1 aromatic carbocycles. The molecule has 1 unspecified atom stereocenters. The molecule has 5 heteroatoms. The second-order valence-corrected chi connectivity index (χ2v) is 6.24. The number of thiophene rings is 1. The van der Waals surface area contributed by atoms with Crippen molar-refractivity contribution in [1.82, 2.24) is 5.32 Å². The van der Waals surface area contributed by atoms with E-state index in [-0.39, 0.29) is 16.7 Å². The van der Waals surface area contributed by atoms with Crippen LogP contribution < -0.4 is 5.32 Å². The Kier molecular flexibility index (Phi) is 4.52. The second-order valence-electron chi connectivity index (χ2n) is 4.90. The van der Waals surface area contributed by atoms with Gasteiger partial charge in [0.25, 0.3) is 5.69 Å². The van der Waals surface area contributed by atoms with Gasteiger partial charge in [0.2, 0.25) is 0 Å². The fourth-order valence-corrected chi connectivity index (χ4v) is 3.00. The highest BCUT2D eigenvalue weighted by atomic mass is 32.1. The number of aryl methyl sites for hydroxylation is 2. The molecular formula is C15H18N2O2S. The van der Waals surface area contributed by atoms with E-state index in [1.165, 1.54) is 15.3 Å². The zero-order valence-electron chi connectivity index (χ0n) is 11.8. The lowest BCUT2D eigenvalue weighted by molar-refractivity contribution is -0.384. The Hall–Kier alpha value is -1.72. The highest BCUT2D eigenvalue weighted by molar-refractivity contribution is 7.12. The van der Waals surface area contributed by atoms with Crippen LogP contribution in [0.4, 0.5) is 5.69 Å². The van der Waals surface area contributed by atoms with Crippen molar-refractivity contribution < 1.29 is 4.92 Å². The van der Waals surface area contributed by atoms with Gasteiger partial charge in [-0.1, -0.05) is 12.1 Å². The van der Waals surface area contributed by atoms with E-state index in [2.05, 4.69) is 32.2 Å². The number of benzene rings is 1. The van der Waals surface area contributed by atoms with E-state index in [9.17, 15) is 10.1 Å². The van der Waals surface area contributed by atoms with Gasteiger partial charge in [0.15, 0.2) is 0 Å². The minimum absolute atomic E-state index is 0.130. The SMILES string of the molecule is Cc1cc(CNC(C)c2ccc([N+](=O)[O-])cc2)sc1C. The fourth-order valence-electron chi connectivity index (χ4n) is 1.99. The molecule has 1 aromatic heterocycles. The Morgan fingerprint density at radius 1 is 1.30 bits per heavy atom. The van der Waals surface area contributed by atoms with Gasteiger partial charge >= 0.3 is 0 Å². The highest BCUT2D eigenvalue weighted by Gasteiger charge is 2.09. The van der Waals surface area contributed by atoms with Gasteiger partial charge in [-0.15, -0.1) is 11.3 Å². The minimum Gasteiger partial charge on any atom is -0.305 e. The van der Waals surface area contributed by atoms with E-state index in [1.54, 1.807) is 35.6 Å². The van der Waals surface area contributed by atoms with Crippen LogP contribution in [0.2, 0.25) is 0 Å². The Balaban J connectivity index is 1.97. The lowest BCUT2D eigenvalue weighted by Crippen LogP contribution is -2.17. The van der Waals surface area contributed by atoms with Crippen LogP contribution in [0.15, 0.2) is 30.3 Å². The summed E-state index contributed by atoms with van der Waals surface area (Å²) < 4.78 is 0. The standard InChI is InChI=1S/C15H18N2O2S/c1-10-8-15(20-12(10)3)9-16-11(2)13-4-6-14(7-5-13)17(18)19/h4-8,11,16H,9H2,1-3H3. The maximum Gasteiger partial charge on any atom is 0.269 e. The smallest absolute Gasteiger partial charge is 0.269 e. The van der Waals surface area contributed by atoms with Crippen LogP contribution >= 0.6 is 11.3 Å². The predicted molar refractivity (Wildman–Crippen MR) is 82.1 cm³/mol. The van der Waals surface area contributed by atoms with Gasteiger partial charge in [0.05, 0.1) is 4.92 Å². The van der Waals surface area contributed by atoms with Crippen molar-refractivity contribution in [3.8, 4) is 0 Å². The normalized spacial score (nSPS) is 12.3. The van der Waals surface area contributed by atoms with E-state index in [0.29, 0.717) is 0 Å². The summed E-state index contributed by atoms with van der Waals surface area (Å²) in [6.07, 6.45) is 0. The first kappa shape index (κ1) is 14.7. The average Bonchev–Trinajstić information content (AvgIpc) is 2.75.